The van der Waals surface area contributed by atoms with Crippen molar-refractivity contribution in [2.24, 2.45) is 0 Å². The molecule has 6 N–H and O–H groups in total. The van der Waals surface area contributed by atoms with Crippen LogP contribution in [0.2, 0.25) is 0 Å². The number of amides is 4. The Morgan fingerprint density at radius 3 is 1.40 bits per heavy atom. The molecule has 1 heterocycles. The fourth-order valence-electron chi connectivity index (χ4n) is 5.67. The van der Waals surface area contributed by atoms with Gasteiger partial charge in [0.15, 0.2) is 5.54 Å². The second-order valence-electron chi connectivity index (χ2n) is 17.6. The van der Waals surface area contributed by atoms with Gasteiger partial charge < -0.3 is 54.8 Å². The van der Waals surface area contributed by atoms with Gasteiger partial charge in [0.1, 0.15) is 34.4 Å². The van der Waals surface area contributed by atoms with E-state index in [9.17, 15) is 33.6 Å². The maximum Gasteiger partial charge on any atom is 0.411 e. The summed E-state index contributed by atoms with van der Waals surface area (Å²) < 4.78 is 33.5. The Balaban J connectivity index is 2.23. The van der Waals surface area contributed by atoms with E-state index in [0.717, 1.165) is 0 Å². The lowest BCUT2D eigenvalue weighted by atomic mass is 9.67. The van der Waals surface area contributed by atoms with Crippen molar-refractivity contribution in [2.45, 2.75) is 156 Å². The first-order valence-corrected chi connectivity index (χ1v) is 19.1. The summed E-state index contributed by atoms with van der Waals surface area (Å²) in [5.74, 6) is -4.92. The molecule has 0 spiro atoms. The summed E-state index contributed by atoms with van der Waals surface area (Å²) in [7, 11) is 2.51. The molecule has 3 atom stereocenters. The number of hydrogen-bond donors (Lipinski definition) is 5. The summed E-state index contributed by atoms with van der Waals surface area (Å²) >= 11 is 0. The number of carbonyl (C=O) groups is 7. The number of hydrogen-bond acceptors (Lipinski definition) is 13. The third-order valence-electron chi connectivity index (χ3n) is 9.36. The van der Waals surface area contributed by atoms with Gasteiger partial charge >= 0.3 is 24.7 Å². The second-order valence-corrected chi connectivity index (χ2v) is 17.6. The van der Waals surface area contributed by atoms with Crippen molar-refractivity contribution in [3.8, 4) is 0 Å². The summed E-state index contributed by atoms with van der Waals surface area (Å²) in [5.41, 5.74) is -6.18. The van der Waals surface area contributed by atoms with E-state index in [1.54, 1.807) is 71.1 Å². The molecule has 0 radical (unpaired) electrons. The Kier molecular flexibility index (Phi) is 15.9. The zero-order valence-corrected chi connectivity index (χ0v) is 36.8. The van der Waals surface area contributed by atoms with Crippen molar-refractivity contribution >= 4 is 53.8 Å². The lowest BCUT2D eigenvalue weighted by Crippen LogP contribution is -2.97. The molecule has 2 rings (SSSR count). The van der Waals surface area contributed by atoms with Gasteiger partial charge in [0.25, 0.3) is 5.91 Å². The highest BCUT2D eigenvalue weighted by Gasteiger charge is 2.53. The number of carbonyl (C=O) groups excluding carboxylic acids is 7. The molecule has 1 fully saturated rings. The van der Waals surface area contributed by atoms with Gasteiger partial charge in [-0.3, -0.25) is 19.2 Å². The molecule has 0 unspecified atom stereocenters. The number of esters is 3. The molecule has 0 saturated carbocycles. The van der Waals surface area contributed by atoms with Gasteiger partial charge in [0.05, 0.1) is 25.9 Å². The van der Waals surface area contributed by atoms with Crippen LogP contribution < -0.4 is 32.0 Å². The molecule has 0 bridgehead atoms. The predicted molar refractivity (Wildman–Crippen MR) is 212 cm³/mol. The maximum absolute atomic E-state index is 13.8. The normalized spacial score (nSPS) is 18.1. The lowest BCUT2D eigenvalue weighted by Gasteiger charge is -2.37. The van der Waals surface area contributed by atoms with Crippen LogP contribution in [0.3, 0.4) is 0 Å². The minimum Gasteiger partial charge on any atom is -0.543 e. The molecule has 1 aliphatic heterocycles. The molecule has 19 heteroatoms. The van der Waals surface area contributed by atoms with Gasteiger partial charge in [-0.1, -0.05) is 24.3 Å². The lowest BCUT2D eigenvalue weighted by molar-refractivity contribution is -0.720. The van der Waals surface area contributed by atoms with E-state index in [0.29, 0.717) is 11.0 Å². The average molecular weight is 823 g/mol. The molecule has 4 amide bonds. The van der Waals surface area contributed by atoms with Crippen molar-refractivity contribution in [1.29, 1.82) is 0 Å². The monoisotopic (exact) mass is 822 g/mol. The summed E-state index contributed by atoms with van der Waals surface area (Å²) in [6.45, 7) is 18.8. The van der Waals surface area contributed by atoms with Crippen LogP contribution in [0.5, 0.6) is 0 Å². The molecular formula is C39H64BN5O13. The first-order valence-electron chi connectivity index (χ1n) is 19.1. The van der Waals surface area contributed by atoms with Crippen molar-refractivity contribution in [2.75, 3.05) is 14.2 Å². The number of ether oxygens (including phenoxy) is 3. The van der Waals surface area contributed by atoms with Crippen LogP contribution in [0.25, 0.3) is 0 Å². The SMILES string of the molecule is COC(=O)[C@@](C)([13CH3])NC(=O)C(C)(C)NC(=O)C(C)(C)NC(=O)C(C)(C)NC(=O)C(C)(C)[NH2+]Cc1ccccc1[B-]1(OC)O[C@H](C(=O)OC(C)C)[C@@H](C(=O)OC(C)C)O1. The van der Waals surface area contributed by atoms with Gasteiger partial charge in [-0.25, -0.2) is 14.4 Å². The predicted octanol–water partition coefficient (Wildman–Crippen LogP) is -0.240. The van der Waals surface area contributed by atoms with Crippen molar-refractivity contribution in [1.82, 2.24) is 21.3 Å². The van der Waals surface area contributed by atoms with Crippen LogP contribution in [0, 0.1) is 0 Å². The van der Waals surface area contributed by atoms with Crippen LogP contribution in [0.15, 0.2) is 24.3 Å². The van der Waals surface area contributed by atoms with Crippen molar-refractivity contribution in [3.05, 3.63) is 29.8 Å². The molecule has 0 aromatic heterocycles. The molecule has 18 nitrogen and oxygen atoms in total. The van der Waals surface area contributed by atoms with Gasteiger partial charge in [-0.2, -0.15) is 0 Å². The number of benzene rings is 1. The van der Waals surface area contributed by atoms with Crippen LogP contribution in [-0.4, -0.2) is 115 Å². The molecule has 326 valence electrons. The van der Waals surface area contributed by atoms with Crippen molar-refractivity contribution < 1.29 is 67.1 Å². The third-order valence-corrected chi connectivity index (χ3v) is 9.36. The Hall–Kier alpha value is -4.59. The molecular weight excluding hydrogens is 758 g/mol. The number of rotatable bonds is 18. The highest BCUT2D eigenvalue weighted by atomic mass is 16.8. The van der Waals surface area contributed by atoms with Gasteiger partial charge in [-0.05, 0) is 110 Å². The molecule has 1 aromatic rings. The largest absolute Gasteiger partial charge is 0.543 e. The van der Waals surface area contributed by atoms with Gasteiger partial charge in [0, 0.05) is 0 Å². The van der Waals surface area contributed by atoms with Crippen LogP contribution in [0.4, 0.5) is 0 Å². The van der Waals surface area contributed by atoms with Gasteiger partial charge in [-0.15, -0.1) is 5.46 Å². The Morgan fingerprint density at radius 1 is 0.638 bits per heavy atom. The number of nitrogens with one attached hydrogen (secondary N) is 4. The molecule has 1 aliphatic rings. The molecule has 58 heavy (non-hydrogen) atoms. The minimum absolute atomic E-state index is 0.151. The Bertz CT molecular complexity index is 1690. The molecule has 0 aliphatic carbocycles. The van der Waals surface area contributed by atoms with E-state index in [4.69, 9.17) is 28.2 Å². The zero-order valence-electron chi connectivity index (χ0n) is 36.8. The molecule has 1 aromatic carbocycles. The fourth-order valence-corrected chi connectivity index (χ4v) is 5.67. The van der Waals surface area contributed by atoms with E-state index in [-0.39, 0.29) is 6.54 Å². The van der Waals surface area contributed by atoms with Crippen molar-refractivity contribution in [3.63, 3.8) is 0 Å². The first kappa shape index (κ1) is 49.6. The Labute approximate surface area is 341 Å². The summed E-state index contributed by atoms with van der Waals surface area (Å²) in [6, 6.07) is 6.89. The van der Waals surface area contributed by atoms with E-state index in [2.05, 4.69) is 21.3 Å². The fraction of sp³-hybridized carbons (Fsp3) is 0.667. The minimum atomic E-state index is -2.91. The smallest absolute Gasteiger partial charge is 0.411 e. The second kappa shape index (κ2) is 18.6. The van der Waals surface area contributed by atoms with E-state index < -0.39 is 100 Å². The maximum atomic E-state index is 13.8. The Morgan fingerprint density at radius 2 is 1.02 bits per heavy atom. The van der Waals surface area contributed by atoms with Gasteiger partial charge in [0.2, 0.25) is 17.7 Å². The first-order chi connectivity index (χ1) is 26.4. The van der Waals surface area contributed by atoms with Crippen LogP contribution in [-0.2, 0) is 68.3 Å². The zero-order chi connectivity index (χ0) is 44.8. The number of methoxy groups -OCH3 is 1. The average Bonchev–Trinajstić information content (AvgIpc) is 3.51. The number of quaternary nitrogens is 1. The number of nitrogens with two attached hydrogens (primary N) is 1. The van der Waals surface area contributed by atoms with E-state index >= 15 is 0 Å². The summed E-state index contributed by atoms with van der Waals surface area (Å²) in [6.07, 6.45) is -4.00. The quantitative estimate of drug-likeness (QED) is 0.0557. The standard InChI is InChI=1S/C39H63BN5O13/c1-22(2)55-28(46)26-27(29(47)56-23(3)4)58-40(54-16,57-26)25-20-18-17-19-24(25)21-41-35(5,6)30(48)42-36(7,8)31(49)43-37(9,10)32(50)44-38(11,12)33(51)45-39(13,14)34(52)53-15/h17-20,22-23,26-27,41H,21H2,1-16H3,(H,42,48)(H,43,49)(H,44,50)(H,45,51)/q-1/p+1/t26-,27-/m0/s1/i13+1/t26-,27-,39-. The van der Waals surface area contributed by atoms with Crippen LogP contribution >= 0.6 is 0 Å². The third kappa shape index (κ3) is 12.2. The summed E-state index contributed by atoms with van der Waals surface area (Å²) in [4.78, 5) is 92.1. The van der Waals surface area contributed by atoms with E-state index in [1.807, 2.05) is 0 Å². The highest BCUT2D eigenvalue weighted by molar-refractivity contribution is 6.76. The highest BCUT2D eigenvalue weighted by Crippen LogP contribution is 2.29. The van der Waals surface area contributed by atoms with Crippen LogP contribution in [0.1, 0.15) is 102 Å². The topological polar surface area (TPSA) is 240 Å². The van der Waals surface area contributed by atoms with E-state index in [1.165, 1.54) is 69.6 Å². The molecule has 1 saturated heterocycles. The summed E-state index contributed by atoms with van der Waals surface area (Å²) in [5, 5.41) is 12.3.